The Morgan fingerprint density at radius 1 is 1.20 bits per heavy atom. The van der Waals surface area contributed by atoms with Gasteiger partial charge in [-0.1, -0.05) is 19.8 Å². The van der Waals surface area contributed by atoms with E-state index in [1.165, 1.54) is 6.07 Å². The number of rotatable bonds is 6. The molecule has 0 radical (unpaired) electrons. The average molecular weight is 341 g/mol. The molecule has 2 heterocycles. The molecule has 0 fully saturated rings. The van der Waals surface area contributed by atoms with Gasteiger partial charge in [0.1, 0.15) is 11.3 Å². The first-order valence-corrected chi connectivity index (χ1v) is 8.76. The number of nitrogens with one attached hydrogen (secondary N) is 1. The Labute approximate surface area is 145 Å². The molecule has 132 valence electrons. The number of pyridine rings is 1. The van der Waals surface area contributed by atoms with Crippen LogP contribution >= 0.6 is 0 Å². The molecule has 0 saturated carbocycles. The van der Waals surface area contributed by atoms with E-state index in [1.54, 1.807) is 18.2 Å². The van der Waals surface area contributed by atoms with E-state index in [9.17, 15) is 9.59 Å². The first-order chi connectivity index (χ1) is 12.0. The summed E-state index contributed by atoms with van der Waals surface area (Å²) < 4.78 is 11.2. The highest BCUT2D eigenvalue weighted by atomic mass is 16.5. The molecule has 25 heavy (non-hydrogen) atoms. The molecule has 0 saturated heterocycles. The first kappa shape index (κ1) is 17.3. The van der Waals surface area contributed by atoms with Gasteiger partial charge in [0.25, 0.3) is 0 Å². The molecule has 5 heteroatoms. The standard InChI is InChI=1S/C20H23NO4/c1-4-5-6-7-13(3)24-14-10-16(22)18-17(11-14)25-20(23)15-9-8-12(2)21-19(15)18/h8-11,13,21H,4-7H2,1-3H3. The van der Waals surface area contributed by atoms with Crippen LogP contribution in [0.15, 0.2) is 38.3 Å². The number of benzene rings is 1. The first-order valence-electron chi connectivity index (χ1n) is 8.76. The lowest BCUT2D eigenvalue weighted by Gasteiger charge is -2.14. The van der Waals surface area contributed by atoms with Crippen molar-refractivity contribution in [2.45, 2.75) is 52.6 Å². The van der Waals surface area contributed by atoms with E-state index in [4.69, 9.17) is 9.15 Å². The maximum absolute atomic E-state index is 12.6. The Morgan fingerprint density at radius 2 is 2.00 bits per heavy atom. The summed E-state index contributed by atoms with van der Waals surface area (Å²) in [5, 5.41) is 0.751. The third-order valence-electron chi connectivity index (χ3n) is 4.36. The largest absolute Gasteiger partial charge is 0.490 e. The van der Waals surface area contributed by atoms with Crippen molar-refractivity contribution in [3.05, 3.63) is 50.6 Å². The van der Waals surface area contributed by atoms with Crippen molar-refractivity contribution in [1.29, 1.82) is 0 Å². The Hall–Kier alpha value is -2.56. The molecule has 1 atom stereocenters. The minimum atomic E-state index is -0.466. The van der Waals surface area contributed by atoms with Gasteiger partial charge in [-0.2, -0.15) is 0 Å². The van der Waals surface area contributed by atoms with E-state index in [1.807, 2.05) is 13.8 Å². The summed E-state index contributed by atoms with van der Waals surface area (Å²) >= 11 is 0. The third kappa shape index (κ3) is 3.60. The fourth-order valence-corrected chi connectivity index (χ4v) is 3.05. The molecule has 5 nitrogen and oxygen atoms in total. The highest BCUT2D eigenvalue weighted by molar-refractivity contribution is 6.01. The van der Waals surface area contributed by atoms with Crippen LogP contribution in [0.1, 0.15) is 45.2 Å². The predicted molar refractivity (Wildman–Crippen MR) is 99.6 cm³/mol. The summed E-state index contributed by atoms with van der Waals surface area (Å²) in [4.78, 5) is 27.9. The number of aromatic amines is 1. The zero-order valence-electron chi connectivity index (χ0n) is 14.8. The molecule has 0 bridgehead atoms. The summed E-state index contributed by atoms with van der Waals surface area (Å²) in [6.07, 6.45) is 4.33. The lowest BCUT2D eigenvalue weighted by atomic mass is 10.1. The van der Waals surface area contributed by atoms with E-state index in [0.717, 1.165) is 31.4 Å². The van der Waals surface area contributed by atoms with Crippen molar-refractivity contribution in [3.63, 3.8) is 0 Å². The molecular formula is C20H23NO4. The number of hydrogen-bond acceptors (Lipinski definition) is 4. The minimum Gasteiger partial charge on any atom is -0.490 e. The van der Waals surface area contributed by atoms with Gasteiger partial charge in [-0.25, -0.2) is 4.79 Å². The zero-order valence-corrected chi connectivity index (χ0v) is 14.8. The Kier molecular flexibility index (Phi) is 4.93. The maximum Gasteiger partial charge on any atom is 0.345 e. The van der Waals surface area contributed by atoms with Crippen LogP contribution in [-0.4, -0.2) is 11.1 Å². The number of H-pyrrole nitrogens is 1. The predicted octanol–water partition coefficient (Wildman–Crippen LogP) is 4.29. The molecule has 1 unspecified atom stereocenters. The fourth-order valence-electron chi connectivity index (χ4n) is 3.05. The van der Waals surface area contributed by atoms with Crippen LogP contribution in [-0.2, 0) is 0 Å². The van der Waals surface area contributed by atoms with E-state index >= 15 is 0 Å². The Bertz CT molecular complexity index is 1020. The quantitative estimate of drug-likeness (QED) is 0.412. The second-order valence-electron chi connectivity index (χ2n) is 6.54. The minimum absolute atomic E-state index is 0.00406. The molecule has 0 amide bonds. The van der Waals surface area contributed by atoms with Crippen LogP contribution < -0.4 is 15.8 Å². The van der Waals surface area contributed by atoms with E-state index < -0.39 is 5.63 Å². The van der Waals surface area contributed by atoms with Gasteiger partial charge >= 0.3 is 5.63 Å². The molecule has 0 aliphatic rings. The summed E-state index contributed by atoms with van der Waals surface area (Å²) in [5.41, 5.74) is 0.945. The van der Waals surface area contributed by atoms with E-state index in [-0.39, 0.29) is 17.1 Å². The van der Waals surface area contributed by atoms with Crippen molar-refractivity contribution in [1.82, 2.24) is 4.98 Å². The summed E-state index contributed by atoms with van der Waals surface area (Å²) in [7, 11) is 0. The van der Waals surface area contributed by atoms with Gasteiger partial charge < -0.3 is 14.1 Å². The summed E-state index contributed by atoms with van der Waals surface area (Å²) in [5.74, 6) is 0.441. The van der Waals surface area contributed by atoms with Gasteiger partial charge in [-0.3, -0.25) is 4.79 Å². The molecule has 3 aromatic rings. The van der Waals surface area contributed by atoms with Crippen LogP contribution in [0.3, 0.4) is 0 Å². The normalized spacial score (nSPS) is 12.6. The number of aromatic nitrogens is 1. The number of aryl methyl sites for hydroxylation is 1. The third-order valence-corrected chi connectivity index (χ3v) is 4.36. The number of hydrogen-bond donors (Lipinski definition) is 1. The van der Waals surface area contributed by atoms with Crippen molar-refractivity contribution < 1.29 is 9.15 Å². The number of ether oxygens (including phenoxy) is 1. The number of fused-ring (bicyclic) bond motifs is 3. The highest BCUT2D eigenvalue weighted by Gasteiger charge is 2.14. The van der Waals surface area contributed by atoms with Crippen LogP contribution in [0, 0.1) is 6.92 Å². The molecular weight excluding hydrogens is 318 g/mol. The van der Waals surface area contributed by atoms with Crippen molar-refractivity contribution in [2.75, 3.05) is 0 Å². The average Bonchev–Trinajstić information content (AvgIpc) is 2.54. The van der Waals surface area contributed by atoms with Gasteiger partial charge in [0.05, 0.1) is 22.4 Å². The van der Waals surface area contributed by atoms with Crippen LogP contribution in [0.5, 0.6) is 5.75 Å². The van der Waals surface area contributed by atoms with Crippen LogP contribution in [0.2, 0.25) is 0 Å². The molecule has 0 aliphatic carbocycles. The summed E-state index contributed by atoms with van der Waals surface area (Å²) in [6.45, 7) is 6.02. The topological polar surface area (TPSA) is 72.3 Å². The van der Waals surface area contributed by atoms with Gasteiger partial charge in [0, 0.05) is 17.8 Å². The smallest absolute Gasteiger partial charge is 0.345 e. The van der Waals surface area contributed by atoms with Crippen LogP contribution in [0.25, 0.3) is 21.9 Å². The highest BCUT2D eigenvalue weighted by Crippen LogP contribution is 2.23. The molecule has 0 spiro atoms. The molecule has 0 aliphatic heterocycles. The molecule has 2 aromatic heterocycles. The van der Waals surface area contributed by atoms with Crippen molar-refractivity contribution >= 4 is 21.9 Å². The van der Waals surface area contributed by atoms with Gasteiger partial charge in [0.15, 0.2) is 5.43 Å². The lowest BCUT2D eigenvalue weighted by molar-refractivity contribution is 0.206. The van der Waals surface area contributed by atoms with Gasteiger partial charge in [0.2, 0.25) is 0 Å². The molecule has 1 aromatic carbocycles. The lowest BCUT2D eigenvalue weighted by Crippen LogP contribution is -2.14. The zero-order chi connectivity index (χ0) is 18.0. The maximum atomic E-state index is 12.6. The number of unbranched alkanes of at least 4 members (excludes halogenated alkanes) is 2. The monoisotopic (exact) mass is 341 g/mol. The Balaban J connectivity index is 2.04. The second kappa shape index (κ2) is 7.13. The fraction of sp³-hybridized carbons (Fsp3) is 0.400. The molecule has 3 rings (SSSR count). The van der Waals surface area contributed by atoms with Crippen molar-refractivity contribution in [3.8, 4) is 5.75 Å². The van der Waals surface area contributed by atoms with E-state index in [2.05, 4.69) is 11.9 Å². The van der Waals surface area contributed by atoms with E-state index in [0.29, 0.717) is 22.0 Å². The van der Waals surface area contributed by atoms with Crippen LogP contribution in [0.4, 0.5) is 0 Å². The Morgan fingerprint density at radius 3 is 2.76 bits per heavy atom. The van der Waals surface area contributed by atoms with Crippen molar-refractivity contribution in [2.24, 2.45) is 0 Å². The SMILES string of the molecule is CCCCCC(C)Oc1cc(=O)c2c(c1)oc(=O)c1ccc(C)[nH]c12. The summed E-state index contributed by atoms with van der Waals surface area (Å²) in [6, 6.07) is 6.55. The van der Waals surface area contributed by atoms with Gasteiger partial charge in [-0.05, 0) is 38.8 Å². The second-order valence-corrected chi connectivity index (χ2v) is 6.54. The molecule has 1 N–H and O–H groups in total. The van der Waals surface area contributed by atoms with Gasteiger partial charge in [-0.15, -0.1) is 0 Å².